The molecule has 0 saturated carbocycles. The summed E-state index contributed by atoms with van der Waals surface area (Å²) in [6.45, 7) is 6.84. The number of benzene rings is 2. The second-order valence-corrected chi connectivity index (χ2v) is 10.2. The highest BCUT2D eigenvalue weighted by Crippen LogP contribution is 2.35. The molecule has 3 aromatic heterocycles. The first-order valence-corrected chi connectivity index (χ1v) is 13.3. The van der Waals surface area contributed by atoms with Gasteiger partial charge in [0.2, 0.25) is 0 Å². The average Bonchev–Trinajstić information content (AvgIpc) is 3.55. The fourth-order valence-corrected chi connectivity index (χ4v) is 5.26. The van der Waals surface area contributed by atoms with Gasteiger partial charge in [-0.15, -0.1) is 0 Å². The molecule has 0 amide bonds. The normalized spacial score (nSPS) is 15.0. The molecule has 0 aliphatic carbocycles. The molecule has 0 radical (unpaired) electrons. The number of hydrogen-bond acceptors (Lipinski definition) is 7. The van der Waals surface area contributed by atoms with Gasteiger partial charge in [0.25, 0.3) is 0 Å². The standard InChI is InChI=1S/C28H30ClN7O2/c1-18-32-22-4-3-21(13-24(22)33-18)38-26-6-5-23-28(27(26)29)34-25(15-30-23)20-14-31-36(17-20)16-19-7-9-35(10-8-19)11-12-37-2/h3-6,13-15,17,19H,7-12,16H2,1-2H3,(H,32,33). The number of aromatic amines is 1. The third kappa shape index (κ3) is 5.22. The van der Waals surface area contributed by atoms with Crippen LogP contribution >= 0.6 is 11.6 Å². The smallest absolute Gasteiger partial charge is 0.148 e. The SMILES string of the molecule is COCCN1CCC(Cn2cc(-c3cnc4ccc(Oc5ccc6nc(C)[nH]c6c5)c(Cl)c4n3)cn2)CC1. The Balaban J connectivity index is 1.18. The zero-order chi connectivity index (χ0) is 26.1. The van der Waals surface area contributed by atoms with Crippen LogP contribution in [-0.4, -0.2) is 68.0 Å². The Hall–Kier alpha value is -3.53. The lowest BCUT2D eigenvalue weighted by atomic mass is 9.97. The van der Waals surface area contributed by atoms with Gasteiger partial charge in [0.05, 0.1) is 41.2 Å². The van der Waals surface area contributed by atoms with E-state index in [1.807, 2.05) is 54.3 Å². The van der Waals surface area contributed by atoms with Crippen LogP contribution in [0.3, 0.4) is 0 Å². The number of aromatic nitrogens is 6. The molecular formula is C28H30ClN7O2. The number of nitrogens with one attached hydrogen (secondary N) is 1. The van der Waals surface area contributed by atoms with Crippen LogP contribution in [0, 0.1) is 12.8 Å². The van der Waals surface area contributed by atoms with Gasteiger partial charge in [-0.25, -0.2) is 9.97 Å². The number of imidazole rings is 1. The number of fused-ring (bicyclic) bond motifs is 2. The second kappa shape index (κ2) is 10.7. The van der Waals surface area contributed by atoms with E-state index >= 15 is 0 Å². The van der Waals surface area contributed by atoms with E-state index in [9.17, 15) is 0 Å². The van der Waals surface area contributed by atoms with Gasteiger partial charge in [-0.3, -0.25) is 9.67 Å². The predicted molar refractivity (Wildman–Crippen MR) is 148 cm³/mol. The molecule has 0 unspecified atom stereocenters. The number of aryl methyl sites for hydroxylation is 1. The summed E-state index contributed by atoms with van der Waals surface area (Å²) in [6.07, 6.45) is 7.99. The molecule has 0 bridgehead atoms. The zero-order valence-electron chi connectivity index (χ0n) is 21.5. The molecule has 9 nitrogen and oxygen atoms in total. The first-order valence-electron chi connectivity index (χ1n) is 12.9. The minimum Gasteiger partial charge on any atom is -0.456 e. The van der Waals surface area contributed by atoms with Crippen molar-refractivity contribution in [2.75, 3.05) is 33.4 Å². The number of methoxy groups -OCH3 is 1. The van der Waals surface area contributed by atoms with E-state index in [4.69, 9.17) is 26.1 Å². The molecule has 1 saturated heterocycles. The highest BCUT2D eigenvalue weighted by Gasteiger charge is 2.20. The second-order valence-electron chi connectivity index (χ2n) is 9.83. The number of nitrogens with zero attached hydrogens (tertiary/aromatic N) is 6. The Morgan fingerprint density at radius 3 is 2.76 bits per heavy atom. The van der Waals surface area contributed by atoms with Gasteiger partial charge in [-0.2, -0.15) is 5.10 Å². The van der Waals surface area contributed by atoms with E-state index in [2.05, 4.69) is 25.0 Å². The lowest BCUT2D eigenvalue weighted by Crippen LogP contribution is -2.37. The molecule has 1 fully saturated rings. The maximum absolute atomic E-state index is 6.77. The Labute approximate surface area is 225 Å². The van der Waals surface area contributed by atoms with Crippen molar-refractivity contribution in [1.29, 1.82) is 0 Å². The van der Waals surface area contributed by atoms with Gasteiger partial charge in [0.15, 0.2) is 0 Å². The summed E-state index contributed by atoms with van der Waals surface area (Å²) in [7, 11) is 1.76. The average molecular weight is 532 g/mol. The van der Waals surface area contributed by atoms with Crippen LogP contribution in [0.2, 0.25) is 5.02 Å². The van der Waals surface area contributed by atoms with Crippen LogP contribution in [0.5, 0.6) is 11.5 Å². The number of likely N-dealkylation sites (tertiary alicyclic amines) is 1. The molecule has 10 heteroatoms. The number of hydrogen-bond donors (Lipinski definition) is 1. The Bertz CT molecular complexity index is 1570. The number of piperidine rings is 1. The topological polar surface area (TPSA) is 94.0 Å². The molecule has 196 valence electrons. The Morgan fingerprint density at radius 1 is 1.08 bits per heavy atom. The summed E-state index contributed by atoms with van der Waals surface area (Å²) in [5.41, 5.74) is 4.75. The first kappa shape index (κ1) is 24.8. The fraction of sp³-hybridized carbons (Fsp3) is 0.357. The van der Waals surface area contributed by atoms with Crippen molar-refractivity contribution in [3.8, 4) is 22.8 Å². The number of rotatable bonds is 8. The van der Waals surface area contributed by atoms with Crippen LogP contribution in [0.4, 0.5) is 0 Å². The van der Waals surface area contributed by atoms with E-state index in [0.717, 1.165) is 60.9 Å². The van der Waals surface area contributed by atoms with Gasteiger partial charge >= 0.3 is 0 Å². The quantitative estimate of drug-likeness (QED) is 0.283. The van der Waals surface area contributed by atoms with Crippen molar-refractivity contribution in [2.45, 2.75) is 26.3 Å². The molecule has 1 N–H and O–H groups in total. The number of ether oxygens (including phenoxy) is 2. The van der Waals surface area contributed by atoms with Gasteiger partial charge in [-0.1, -0.05) is 11.6 Å². The van der Waals surface area contributed by atoms with Gasteiger partial charge < -0.3 is 19.4 Å². The Morgan fingerprint density at radius 2 is 1.92 bits per heavy atom. The number of H-pyrrole nitrogens is 1. The van der Waals surface area contributed by atoms with Crippen LogP contribution in [0.1, 0.15) is 18.7 Å². The molecule has 6 rings (SSSR count). The molecule has 1 aliphatic heterocycles. The van der Waals surface area contributed by atoms with Crippen LogP contribution in [0.15, 0.2) is 48.9 Å². The maximum Gasteiger partial charge on any atom is 0.148 e. The Kier molecular flexibility index (Phi) is 6.97. The summed E-state index contributed by atoms with van der Waals surface area (Å²) >= 11 is 6.77. The van der Waals surface area contributed by atoms with Gasteiger partial charge in [-0.05, 0) is 63.0 Å². The summed E-state index contributed by atoms with van der Waals surface area (Å²) in [4.78, 5) is 19.6. The molecule has 4 heterocycles. The van der Waals surface area contributed by atoms with E-state index in [1.165, 1.54) is 12.8 Å². The maximum atomic E-state index is 6.77. The molecule has 38 heavy (non-hydrogen) atoms. The first-order chi connectivity index (χ1) is 18.6. The third-order valence-electron chi connectivity index (χ3n) is 7.11. The summed E-state index contributed by atoms with van der Waals surface area (Å²) in [5.74, 6) is 2.66. The van der Waals surface area contributed by atoms with Crippen molar-refractivity contribution < 1.29 is 9.47 Å². The molecule has 0 spiro atoms. The van der Waals surface area contributed by atoms with Crippen LogP contribution < -0.4 is 4.74 Å². The van der Waals surface area contributed by atoms with E-state index in [-0.39, 0.29) is 0 Å². The highest BCUT2D eigenvalue weighted by atomic mass is 35.5. The van der Waals surface area contributed by atoms with Crippen LogP contribution in [-0.2, 0) is 11.3 Å². The predicted octanol–water partition coefficient (Wildman–Crippen LogP) is 5.48. The van der Waals surface area contributed by atoms with Gasteiger partial charge in [0.1, 0.15) is 27.9 Å². The minimum absolute atomic E-state index is 0.422. The zero-order valence-corrected chi connectivity index (χ0v) is 22.3. The highest BCUT2D eigenvalue weighted by molar-refractivity contribution is 6.36. The summed E-state index contributed by atoms with van der Waals surface area (Å²) < 4.78 is 13.4. The summed E-state index contributed by atoms with van der Waals surface area (Å²) in [6, 6.07) is 9.40. The number of halogens is 1. The lowest BCUT2D eigenvalue weighted by Gasteiger charge is -2.31. The van der Waals surface area contributed by atoms with Crippen molar-refractivity contribution in [3.05, 3.63) is 59.8 Å². The molecule has 0 atom stereocenters. The largest absolute Gasteiger partial charge is 0.456 e. The minimum atomic E-state index is 0.422. The molecular weight excluding hydrogens is 502 g/mol. The molecule has 2 aromatic carbocycles. The monoisotopic (exact) mass is 531 g/mol. The van der Waals surface area contributed by atoms with E-state index in [0.29, 0.717) is 33.5 Å². The van der Waals surface area contributed by atoms with Crippen LogP contribution in [0.25, 0.3) is 33.3 Å². The van der Waals surface area contributed by atoms with Crippen molar-refractivity contribution >= 4 is 33.7 Å². The van der Waals surface area contributed by atoms with Crippen molar-refractivity contribution in [3.63, 3.8) is 0 Å². The fourth-order valence-electron chi connectivity index (χ4n) is 5.02. The van der Waals surface area contributed by atoms with Crippen molar-refractivity contribution in [1.82, 2.24) is 34.6 Å². The van der Waals surface area contributed by atoms with E-state index < -0.39 is 0 Å². The van der Waals surface area contributed by atoms with Gasteiger partial charge in [0, 0.05) is 38.0 Å². The summed E-state index contributed by atoms with van der Waals surface area (Å²) in [5, 5.41) is 5.03. The lowest BCUT2D eigenvalue weighted by molar-refractivity contribution is 0.115. The third-order valence-corrected chi connectivity index (χ3v) is 7.48. The van der Waals surface area contributed by atoms with E-state index in [1.54, 1.807) is 13.3 Å². The molecule has 5 aromatic rings. The molecule has 1 aliphatic rings. The van der Waals surface area contributed by atoms with Crippen molar-refractivity contribution in [2.24, 2.45) is 5.92 Å².